The van der Waals surface area contributed by atoms with E-state index in [1.165, 1.54) is 16.8 Å². The molecule has 0 fully saturated rings. The van der Waals surface area contributed by atoms with Gasteiger partial charge in [0.2, 0.25) is 14.9 Å². The number of aromatic carboxylic acids is 1. The summed E-state index contributed by atoms with van der Waals surface area (Å²) in [6, 6.07) is 21.7. The van der Waals surface area contributed by atoms with Crippen molar-refractivity contribution in [2.24, 2.45) is 0 Å². The summed E-state index contributed by atoms with van der Waals surface area (Å²) in [4.78, 5) is 11.3. The SMILES string of the molecule is CCc1ccc(S(=O)(=O)c2nnn(-c3ccc(C(=O)O)cc3)c2-c2ccccc2)cc1. The summed E-state index contributed by atoms with van der Waals surface area (Å²) < 4.78 is 28.3. The summed E-state index contributed by atoms with van der Waals surface area (Å²) in [5.41, 5.74) is 2.58. The fraction of sp³-hybridized carbons (Fsp3) is 0.0870. The molecule has 0 aliphatic rings. The standard InChI is InChI=1S/C23H19N3O4S/c1-2-16-8-14-20(15-9-16)31(29,30)22-21(17-6-4-3-5-7-17)26(25-24-22)19-12-10-18(11-13-19)23(27)28/h3-15H,2H2,1H3,(H,27,28). The van der Waals surface area contributed by atoms with Gasteiger partial charge >= 0.3 is 5.97 Å². The molecule has 4 rings (SSSR count). The van der Waals surface area contributed by atoms with E-state index in [9.17, 15) is 13.2 Å². The van der Waals surface area contributed by atoms with Crippen molar-refractivity contribution in [2.45, 2.75) is 23.3 Å². The summed E-state index contributed by atoms with van der Waals surface area (Å²) in [6.07, 6.45) is 0.804. The summed E-state index contributed by atoms with van der Waals surface area (Å²) in [7, 11) is -3.94. The van der Waals surface area contributed by atoms with Gasteiger partial charge in [0, 0.05) is 5.56 Å². The highest BCUT2D eigenvalue weighted by atomic mass is 32.2. The van der Waals surface area contributed by atoms with Gasteiger partial charge in [0.1, 0.15) is 5.69 Å². The zero-order valence-electron chi connectivity index (χ0n) is 16.6. The lowest BCUT2D eigenvalue weighted by atomic mass is 10.1. The molecule has 3 aromatic carbocycles. The smallest absolute Gasteiger partial charge is 0.335 e. The predicted octanol–water partition coefficient (Wildman–Crippen LogP) is 4.03. The number of hydrogen-bond donors (Lipinski definition) is 1. The molecule has 0 unspecified atom stereocenters. The van der Waals surface area contributed by atoms with Crippen LogP contribution >= 0.6 is 0 Å². The average molecular weight is 433 g/mol. The van der Waals surface area contributed by atoms with E-state index in [0.717, 1.165) is 12.0 Å². The first kappa shape index (κ1) is 20.5. The third kappa shape index (κ3) is 3.85. The number of carboxylic acids is 1. The van der Waals surface area contributed by atoms with Crippen LogP contribution in [0.1, 0.15) is 22.8 Å². The first-order valence-corrected chi connectivity index (χ1v) is 11.1. The third-order valence-electron chi connectivity index (χ3n) is 4.94. The largest absolute Gasteiger partial charge is 0.478 e. The van der Waals surface area contributed by atoms with Gasteiger partial charge in [-0.15, -0.1) is 5.10 Å². The number of rotatable bonds is 6. The lowest BCUT2D eigenvalue weighted by molar-refractivity contribution is 0.0697. The molecule has 0 amide bonds. The second kappa shape index (κ2) is 8.16. The van der Waals surface area contributed by atoms with Crippen molar-refractivity contribution in [3.63, 3.8) is 0 Å². The summed E-state index contributed by atoms with van der Waals surface area (Å²) >= 11 is 0. The number of hydrogen-bond acceptors (Lipinski definition) is 5. The van der Waals surface area contributed by atoms with Gasteiger partial charge in [-0.25, -0.2) is 17.9 Å². The Morgan fingerprint density at radius 3 is 2.16 bits per heavy atom. The van der Waals surface area contributed by atoms with Crippen molar-refractivity contribution >= 4 is 15.8 Å². The number of carboxylic acid groups (broad SMARTS) is 1. The molecule has 0 saturated heterocycles. The minimum absolute atomic E-state index is 0.119. The van der Waals surface area contributed by atoms with Gasteiger partial charge in [-0.3, -0.25) is 0 Å². The van der Waals surface area contributed by atoms with E-state index >= 15 is 0 Å². The molecule has 0 radical (unpaired) electrons. The van der Waals surface area contributed by atoms with E-state index in [-0.39, 0.29) is 15.5 Å². The van der Waals surface area contributed by atoms with Crippen molar-refractivity contribution in [2.75, 3.05) is 0 Å². The normalized spacial score (nSPS) is 11.4. The maximum atomic E-state index is 13.4. The van der Waals surface area contributed by atoms with E-state index < -0.39 is 15.8 Å². The van der Waals surface area contributed by atoms with E-state index in [4.69, 9.17) is 5.11 Å². The Hall–Kier alpha value is -3.78. The van der Waals surface area contributed by atoms with Crippen LogP contribution in [0.2, 0.25) is 0 Å². The number of aromatic nitrogens is 3. The Balaban J connectivity index is 1.90. The molecule has 7 nitrogen and oxygen atoms in total. The van der Waals surface area contributed by atoms with Crippen LogP contribution < -0.4 is 0 Å². The predicted molar refractivity (Wildman–Crippen MR) is 115 cm³/mol. The van der Waals surface area contributed by atoms with Gasteiger partial charge in [-0.1, -0.05) is 54.6 Å². The zero-order valence-corrected chi connectivity index (χ0v) is 17.5. The molecule has 31 heavy (non-hydrogen) atoms. The number of sulfone groups is 1. The Morgan fingerprint density at radius 1 is 0.935 bits per heavy atom. The minimum Gasteiger partial charge on any atom is -0.478 e. The summed E-state index contributed by atoms with van der Waals surface area (Å²) in [5, 5.41) is 17.1. The molecule has 0 aliphatic carbocycles. The van der Waals surface area contributed by atoms with Gasteiger partial charge in [0.05, 0.1) is 16.1 Å². The highest BCUT2D eigenvalue weighted by Gasteiger charge is 2.29. The lowest BCUT2D eigenvalue weighted by Crippen LogP contribution is -2.06. The minimum atomic E-state index is -3.94. The maximum absolute atomic E-state index is 13.4. The van der Waals surface area contributed by atoms with Gasteiger partial charge in [0.15, 0.2) is 0 Å². The molecule has 1 aromatic heterocycles. The molecule has 0 atom stereocenters. The van der Waals surface area contributed by atoms with Crippen LogP contribution in [0, 0.1) is 0 Å². The van der Waals surface area contributed by atoms with Crippen LogP contribution in [0.5, 0.6) is 0 Å². The quantitative estimate of drug-likeness (QED) is 0.493. The van der Waals surface area contributed by atoms with Crippen molar-refractivity contribution in [3.8, 4) is 16.9 Å². The number of aryl methyl sites for hydroxylation is 1. The van der Waals surface area contributed by atoms with Crippen molar-refractivity contribution in [1.29, 1.82) is 0 Å². The number of nitrogens with zero attached hydrogens (tertiary/aromatic N) is 3. The summed E-state index contributed by atoms with van der Waals surface area (Å²) in [5.74, 6) is -1.05. The molecule has 0 bridgehead atoms. The highest BCUT2D eigenvalue weighted by Crippen LogP contribution is 2.31. The third-order valence-corrected chi connectivity index (χ3v) is 6.62. The molecule has 1 N–H and O–H groups in total. The van der Waals surface area contributed by atoms with Crippen LogP contribution in [0.25, 0.3) is 16.9 Å². The first-order valence-electron chi connectivity index (χ1n) is 9.60. The molecule has 0 saturated carbocycles. The number of benzene rings is 3. The molecular formula is C23H19N3O4S. The Bertz CT molecular complexity index is 1330. The van der Waals surface area contributed by atoms with Crippen LogP contribution in [-0.4, -0.2) is 34.5 Å². The van der Waals surface area contributed by atoms with Crippen molar-refractivity contribution in [1.82, 2.24) is 15.0 Å². The first-order chi connectivity index (χ1) is 14.9. The second-order valence-electron chi connectivity index (χ2n) is 6.87. The Labute approximate surface area is 179 Å². The van der Waals surface area contributed by atoms with Gasteiger partial charge in [0.25, 0.3) is 0 Å². The monoisotopic (exact) mass is 433 g/mol. The molecule has 0 spiro atoms. The van der Waals surface area contributed by atoms with E-state index in [1.54, 1.807) is 60.7 Å². The van der Waals surface area contributed by atoms with Crippen LogP contribution in [0.15, 0.2) is 88.8 Å². The molecular weight excluding hydrogens is 414 g/mol. The van der Waals surface area contributed by atoms with E-state index in [0.29, 0.717) is 16.9 Å². The topological polar surface area (TPSA) is 102 Å². The fourth-order valence-corrected chi connectivity index (χ4v) is 4.55. The van der Waals surface area contributed by atoms with Crippen molar-refractivity contribution in [3.05, 3.63) is 90.0 Å². The number of carbonyl (C=O) groups is 1. The van der Waals surface area contributed by atoms with Crippen LogP contribution in [-0.2, 0) is 16.3 Å². The molecule has 0 aliphatic heterocycles. The lowest BCUT2D eigenvalue weighted by Gasteiger charge is -2.10. The molecule has 8 heteroatoms. The zero-order chi connectivity index (χ0) is 22.0. The van der Waals surface area contributed by atoms with Gasteiger partial charge in [-0.05, 0) is 48.4 Å². The van der Waals surface area contributed by atoms with Crippen LogP contribution in [0.4, 0.5) is 0 Å². The molecule has 1 heterocycles. The van der Waals surface area contributed by atoms with E-state index in [1.807, 2.05) is 13.0 Å². The maximum Gasteiger partial charge on any atom is 0.335 e. The highest BCUT2D eigenvalue weighted by molar-refractivity contribution is 7.91. The molecule has 156 valence electrons. The summed E-state index contributed by atoms with van der Waals surface area (Å²) in [6.45, 7) is 2.00. The average Bonchev–Trinajstić information content (AvgIpc) is 3.26. The van der Waals surface area contributed by atoms with Gasteiger partial charge < -0.3 is 5.11 Å². The van der Waals surface area contributed by atoms with Crippen molar-refractivity contribution < 1.29 is 18.3 Å². The van der Waals surface area contributed by atoms with E-state index in [2.05, 4.69) is 10.3 Å². The van der Waals surface area contributed by atoms with Crippen LogP contribution in [0.3, 0.4) is 0 Å². The van der Waals surface area contributed by atoms with Gasteiger partial charge in [-0.2, -0.15) is 0 Å². The fourth-order valence-electron chi connectivity index (χ4n) is 3.23. The Morgan fingerprint density at radius 2 is 1.58 bits per heavy atom. The Kier molecular flexibility index (Phi) is 5.39. The second-order valence-corrected chi connectivity index (χ2v) is 8.74. The molecule has 4 aromatic rings.